The average molecular weight is 562 g/mol. The number of benzene rings is 1. The summed E-state index contributed by atoms with van der Waals surface area (Å²) in [6.07, 6.45) is 0.603. The van der Waals surface area contributed by atoms with Crippen molar-refractivity contribution in [2.75, 3.05) is 0 Å². The number of pyridine rings is 1. The minimum absolute atomic E-state index is 0.0659. The highest BCUT2D eigenvalue weighted by Gasteiger charge is 2.26. The van der Waals surface area contributed by atoms with Crippen LogP contribution in [-0.4, -0.2) is 39.2 Å². The molecule has 2 aromatic heterocycles. The first kappa shape index (κ1) is 31.4. The van der Waals surface area contributed by atoms with Gasteiger partial charge in [-0.1, -0.05) is 16.8 Å². The van der Waals surface area contributed by atoms with Crippen molar-refractivity contribution in [2.24, 2.45) is 0 Å². The van der Waals surface area contributed by atoms with Gasteiger partial charge in [-0.05, 0) is 78.8 Å². The average Bonchev–Trinajstić information content (AvgIpc) is 3.15. The lowest BCUT2D eigenvalue weighted by molar-refractivity contribution is -0.151. The van der Waals surface area contributed by atoms with E-state index in [2.05, 4.69) is 15.5 Å². The van der Waals surface area contributed by atoms with E-state index < -0.39 is 23.4 Å². The molecule has 0 aliphatic carbocycles. The Kier molecular flexibility index (Phi) is 10.3. The van der Waals surface area contributed by atoms with E-state index in [0.29, 0.717) is 16.3 Å². The summed E-state index contributed by atoms with van der Waals surface area (Å²) >= 11 is 5.88. The molecule has 0 fully saturated rings. The molecule has 0 saturated heterocycles. The third-order valence-corrected chi connectivity index (χ3v) is 4.93. The molecule has 1 N–H and O–H groups in total. The van der Waals surface area contributed by atoms with Crippen LogP contribution < -0.4 is 5.32 Å². The summed E-state index contributed by atoms with van der Waals surface area (Å²) < 4.78 is 30.1. The van der Waals surface area contributed by atoms with E-state index in [1.54, 1.807) is 39.8 Å². The fraction of sp³-hybridized carbons (Fsp3) is 0.393. The van der Waals surface area contributed by atoms with Gasteiger partial charge in [0.15, 0.2) is 11.5 Å². The lowest BCUT2D eigenvalue weighted by Crippen LogP contribution is -2.32. The molecule has 0 bridgehead atoms. The third-order valence-electron chi connectivity index (χ3n) is 4.68. The maximum absolute atomic E-state index is 14.7. The number of aryl methyl sites for hydroxylation is 1. The maximum atomic E-state index is 14.7. The highest BCUT2D eigenvalue weighted by Crippen LogP contribution is 2.32. The Balaban J connectivity index is 0.000000580. The minimum atomic E-state index is -0.927. The van der Waals surface area contributed by atoms with Gasteiger partial charge < -0.3 is 19.3 Å². The molecule has 0 aliphatic heterocycles. The van der Waals surface area contributed by atoms with Crippen LogP contribution >= 0.6 is 11.6 Å². The molecule has 0 aliphatic rings. The lowest BCUT2D eigenvalue weighted by atomic mass is 9.94. The second kappa shape index (κ2) is 12.8. The molecule has 1 amide bonds. The molecule has 0 spiro atoms. The molecule has 39 heavy (non-hydrogen) atoms. The van der Waals surface area contributed by atoms with Gasteiger partial charge in [-0.3, -0.25) is 9.59 Å². The van der Waals surface area contributed by atoms with Crippen LogP contribution in [0.1, 0.15) is 75.8 Å². The van der Waals surface area contributed by atoms with Gasteiger partial charge in [-0.2, -0.15) is 4.39 Å². The fourth-order valence-electron chi connectivity index (χ4n) is 3.39. The number of ketones is 1. The monoisotopic (exact) mass is 561 g/mol. The summed E-state index contributed by atoms with van der Waals surface area (Å²) in [7, 11) is 0. The zero-order valence-corrected chi connectivity index (χ0v) is 24.0. The van der Waals surface area contributed by atoms with Gasteiger partial charge in [-0.15, -0.1) is 0 Å². The topological polar surface area (TPSA) is 121 Å². The third kappa shape index (κ3) is 9.79. The van der Waals surface area contributed by atoms with E-state index in [-0.39, 0.29) is 40.6 Å². The molecular weight excluding hydrogens is 529 g/mol. The second-order valence-corrected chi connectivity index (χ2v) is 10.9. The predicted octanol–water partition coefficient (Wildman–Crippen LogP) is 6.44. The van der Waals surface area contributed by atoms with Gasteiger partial charge >= 0.3 is 12.1 Å². The maximum Gasteiger partial charge on any atom is 0.408 e. The molecule has 9 nitrogen and oxygen atoms in total. The van der Waals surface area contributed by atoms with E-state index in [1.165, 1.54) is 31.3 Å². The van der Waals surface area contributed by atoms with Crippen molar-refractivity contribution in [3.05, 3.63) is 70.1 Å². The number of alkyl carbamates (subject to hydrolysis) is 1. The standard InChI is InChI=1S/C22H21ClFN3O4.C6H12O2/c1-12-17(16(31-27-12)11-26-21(29)30-22(2,3)4)15-9-10-25-20(24)18(15)19(28)13-5-7-14(23)8-6-13;1-5(7)8-6(2,3)4/h5-10H,11H2,1-4H3,(H,26,29);1-4H3. The molecule has 0 atom stereocenters. The molecule has 0 saturated carbocycles. The predicted molar refractivity (Wildman–Crippen MR) is 144 cm³/mol. The number of nitrogens with zero attached hydrogens (tertiary/aromatic N) is 2. The van der Waals surface area contributed by atoms with E-state index in [1.807, 2.05) is 20.8 Å². The molecule has 0 unspecified atom stereocenters. The van der Waals surface area contributed by atoms with Crippen LogP contribution in [0.2, 0.25) is 5.02 Å². The van der Waals surface area contributed by atoms with Crippen LogP contribution in [0.3, 0.4) is 0 Å². The molecule has 1 aromatic carbocycles. The Morgan fingerprint density at radius 3 is 2.10 bits per heavy atom. The smallest absolute Gasteiger partial charge is 0.408 e. The number of carbonyl (C=O) groups is 3. The van der Waals surface area contributed by atoms with E-state index in [9.17, 15) is 18.8 Å². The quantitative estimate of drug-likeness (QED) is 0.214. The van der Waals surface area contributed by atoms with Gasteiger partial charge in [0.25, 0.3) is 0 Å². The van der Waals surface area contributed by atoms with Gasteiger partial charge in [-0.25, -0.2) is 9.78 Å². The summed E-state index contributed by atoms with van der Waals surface area (Å²) in [5.74, 6) is -1.47. The van der Waals surface area contributed by atoms with E-state index in [0.717, 1.165) is 0 Å². The van der Waals surface area contributed by atoms with Crippen molar-refractivity contribution in [3.63, 3.8) is 0 Å². The molecule has 11 heteroatoms. The Morgan fingerprint density at radius 2 is 1.59 bits per heavy atom. The highest BCUT2D eigenvalue weighted by molar-refractivity contribution is 6.30. The first-order valence-corrected chi connectivity index (χ1v) is 12.4. The van der Waals surface area contributed by atoms with Crippen molar-refractivity contribution in [3.8, 4) is 11.1 Å². The summed E-state index contributed by atoms with van der Waals surface area (Å²) in [6, 6.07) is 7.61. The number of aromatic nitrogens is 2. The normalized spacial score (nSPS) is 11.2. The van der Waals surface area contributed by atoms with Crippen molar-refractivity contribution < 1.29 is 32.8 Å². The number of ether oxygens (including phenoxy) is 2. The van der Waals surface area contributed by atoms with Crippen molar-refractivity contribution >= 4 is 29.4 Å². The molecule has 2 heterocycles. The summed E-state index contributed by atoms with van der Waals surface area (Å²) in [5.41, 5.74) is 0.107. The number of nitrogens with one attached hydrogen (secondary N) is 1. The fourth-order valence-corrected chi connectivity index (χ4v) is 3.51. The van der Waals surface area contributed by atoms with Crippen LogP contribution in [0.15, 0.2) is 41.1 Å². The molecule has 3 aromatic rings. The van der Waals surface area contributed by atoms with Crippen LogP contribution in [0, 0.1) is 12.9 Å². The molecule has 0 radical (unpaired) electrons. The second-order valence-electron chi connectivity index (χ2n) is 10.5. The minimum Gasteiger partial charge on any atom is -0.460 e. The molecule has 3 rings (SSSR count). The first-order valence-electron chi connectivity index (χ1n) is 12.0. The van der Waals surface area contributed by atoms with Gasteiger partial charge in [0.05, 0.1) is 23.4 Å². The largest absolute Gasteiger partial charge is 0.460 e. The van der Waals surface area contributed by atoms with Gasteiger partial charge in [0.1, 0.15) is 11.2 Å². The number of hydrogen-bond acceptors (Lipinski definition) is 8. The van der Waals surface area contributed by atoms with Crippen molar-refractivity contribution in [2.45, 2.75) is 73.1 Å². The zero-order valence-electron chi connectivity index (χ0n) is 23.3. The number of esters is 1. The van der Waals surface area contributed by atoms with E-state index in [4.69, 9.17) is 25.6 Å². The molecular formula is C28H33ClFN3O6. The van der Waals surface area contributed by atoms with E-state index >= 15 is 0 Å². The summed E-state index contributed by atoms with van der Waals surface area (Å²) in [5, 5.41) is 6.95. The van der Waals surface area contributed by atoms with Crippen LogP contribution in [0.4, 0.5) is 9.18 Å². The Hall–Kier alpha value is -3.79. The van der Waals surface area contributed by atoms with Crippen molar-refractivity contribution in [1.29, 1.82) is 0 Å². The van der Waals surface area contributed by atoms with Crippen LogP contribution in [0.5, 0.6) is 0 Å². The summed E-state index contributed by atoms with van der Waals surface area (Å²) in [4.78, 5) is 38.9. The van der Waals surface area contributed by atoms with Crippen molar-refractivity contribution in [1.82, 2.24) is 15.5 Å². The summed E-state index contributed by atoms with van der Waals surface area (Å²) in [6.45, 7) is 13.7. The number of halogens is 2. The SMILES string of the molecule is CC(=O)OC(C)(C)C.Cc1noc(CNC(=O)OC(C)(C)C)c1-c1ccnc(F)c1C(=O)c1ccc(Cl)cc1. The van der Waals surface area contributed by atoms with Gasteiger partial charge in [0, 0.05) is 29.3 Å². The number of rotatable bonds is 5. The highest BCUT2D eigenvalue weighted by atomic mass is 35.5. The Bertz CT molecular complexity index is 1320. The van der Waals surface area contributed by atoms with Crippen LogP contribution in [-0.2, 0) is 20.8 Å². The Labute approximate surface area is 232 Å². The molecule has 210 valence electrons. The lowest BCUT2D eigenvalue weighted by Gasteiger charge is -2.19. The van der Waals surface area contributed by atoms with Gasteiger partial charge in [0.2, 0.25) is 5.95 Å². The zero-order chi connectivity index (χ0) is 29.5. The Morgan fingerprint density at radius 1 is 1.00 bits per heavy atom. The van der Waals surface area contributed by atoms with Crippen LogP contribution in [0.25, 0.3) is 11.1 Å². The first-order chi connectivity index (χ1) is 18.0. The number of hydrogen-bond donors (Lipinski definition) is 1. The number of amides is 1. The number of carbonyl (C=O) groups excluding carboxylic acids is 3.